The molecule has 8 nitrogen and oxygen atoms in total. The van der Waals surface area contributed by atoms with Crippen LogP contribution in [0.4, 0.5) is 15.0 Å². The van der Waals surface area contributed by atoms with Gasteiger partial charge in [-0.2, -0.15) is 5.26 Å². The molecule has 0 aliphatic carbocycles. The predicted octanol–water partition coefficient (Wildman–Crippen LogP) is 2.27. The minimum atomic E-state index is -0.293. The van der Waals surface area contributed by atoms with E-state index in [1.807, 2.05) is 6.92 Å². The SMILES string of the molecule is CCNC(=O)N1CCN(c2nc(CC#N)nc(COC)c2Cc2ccccc2F)CC1. The number of halogens is 1. The minimum absolute atomic E-state index is 0.0720. The molecular formula is C22H27FN6O2. The van der Waals surface area contributed by atoms with Crippen LogP contribution in [-0.2, 0) is 24.2 Å². The molecule has 0 bridgehead atoms. The van der Waals surface area contributed by atoms with Crippen molar-refractivity contribution >= 4 is 11.8 Å². The largest absolute Gasteiger partial charge is 0.378 e. The number of methoxy groups -OCH3 is 1. The van der Waals surface area contributed by atoms with Crippen molar-refractivity contribution in [2.24, 2.45) is 0 Å². The Bertz CT molecular complexity index is 954. The second-order valence-corrected chi connectivity index (χ2v) is 7.23. The van der Waals surface area contributed by atoms with Crippen LogP contribution in [-0.4, -0.2) is 60.7 Å². The first-order chi connectivity index (χ1) is 15.1. The number of aromatic nitrogens is 2. The first-order valence-corrected chi connectivity index (χ1v) is 10.3. The second kappa shape index (κ2) is 10.7. The third-order valence-electron chi connectivity index (χ3n) is 5.15. The summed E-state index contributed by atoms with van der Waals surface area (Å²) in [7, 11) is 1.57. The van der Waals surface area contributed by atoms with Crippen LogP contribution in [0.25, 0.3) is 0 Å². The summed E-state index contributed by atoms with van der Waals surface area (Å²) < 4.78 is 19.7. The van der Waals surface area contributed by atoms with Gasteiger partial charge in [-0.1, -0.05) is 18.2 Å². The molecule has 1 aromatic carbocycles. The van der Waals surface area contributed by atoms with Gasteiger partial charge >= 0.3 is 6.03 Å². The monoisotopic (exact) mass is 426 g/mol. The molecule has 2 amide bonds. The van der Waals surface area contributed by atoms with Crippen LogP contribution in [0.1, 0.15) is 29.6 Å². The summed E-state index contributed by atoms with van der Waals surface area (Å²) in [4.78, 5) is 25.2. The Morgan fingerprint density at radius 2 is 2.00 bits per heavy atom. The molecule has 2 heterocycles. The van der Waals surface area contributed by atoms with Crippen molar-refractivity contribution in [2.75, 3.05) is 44.7 Å². The zero-order valence-electron chi connectivity index (χ0n) is 17.9. The molecule has 1 fully saturated rings. The molecule has 164 valence electrons. The number of rotatable bonds is 7. The number of benzene rings is 1. The molecule has 3 rings (SSSR count). The third-order valence-corrected chi connectivity index (χ3v) is 5.15. The van der Waals surface area contributed by atoms with E-state index in [2.05, 4.69) is 26.3 Å². The summed E-state index contributed by atoms with van der Waals surface area (Å²) in [6.07, 6.45) is 0.382. The molecule has 1 aliphatic rings. The molecule has 2 aromatic rings. The van der Waals surface area contributed by atoms with Crippen molar-refractivity contribution in [3.63, 3.8) is 0 Å². The molecule has 0 unspecified atom stereocenters. The molecule has 9 heteroatoms. The first kappa shape index (κ1) is 22.4. The van der Waals surface area contributed by atoms with Gasteiger partial charge < -0.3 is 19.9 Å². The van der Waals surface area contributed by atoms with Crippen LogP contribution >= 0.6 is 0 Å². The van der Waals surface area contributed by atoms with E-state index in [-0.39, 0.29) is 24.9 Å². The normalized spacial score (nSPS) is 13.7. The Balaban J connectivity index is 1.96. The number of carbonyl (C=O) groups excluding carboxylic acids is 1. The fourth-order valence-corrected chi connectivity index (χ4v) is 3.63. The van der Waals surface area contributed by atoms with Gasteiger partial charge in [0.2, 0.25) is 0 Å². The maximum absolute atomic E-state index is 14.4. The molecule has 1 aromatic heterocycles. The highest BCUT2D eigenvalue weighted by molar-refractivity contribution is 5.74. The average molecular weight is 426 g/mol. The molecule has 31 heavy (non-hydrogen) atoms. The van der Waals surface area contributed by atoms with Gasteiger partial charge in [0.15, 0.2) is 0 Å². The number of ether oxygens (including phenoxy) is 1. The number of carbonyl (C=O) groups is 1. The first-order valence-electron chi connectivity index (χ1n) is 10.3. The van der Waals surface area contributed by atoms with E-state index >= 15 is 0 Å². The topological polar surface area (TPSA) is 94.4 Å². The summed E-state index contributed by atoms with van der Waals surface area (Å²) in [5, 5.41) is 12.0. The summed E-state index contributed by atoms with van der Waals surface area (Å²) in [5.41, 5.74) is 1.96. The highest BCUT2D eigenvalue weighted by Gasteiger charge is 2.26. The second-order valence-electron chi connectivity index (χ2n) is 7.23. The highest BCUT2D eigenvalue weighted by Crippen LogP contribution is 2.27. The maximum atomic E-state index is 14.4. The van der Waals surface area contributed by atoms with E-state index in [1.165, 1.54) is 6.07 Å². The van der Waals surface area contributed by atoms with Gasteiger partial charge in [0, 0.05) is 51.8 Å². The molecule has 0 spiro atoms. The molecule has 0 radical (unpaired) electrons. The van der Waals surface area contributed by atoms with Crippen molar-refractivity contribution in [2.45, 2.75) is 26.4 Å². The Hall–Kier alpha value is -3.25. The van der Waals surface area contributed by atoms with E-state index in [0.717, 1.165) is 5.56 Å². The Morgan fingerprint density at radius 3 is 2.65 bits per heavy atom. The summed E-state index contributed by atoms with van der Waals surface area (Å²) in [6, 6.07) is 8.64. The van der Waals surface area contributed by atoms with Crippen LogP contribution in [0.15, 0.2) is 24.3 Å². The number of amides is 2. The van der Waals surface area contributed by atoms with Crippen molar-refractivity contribution in [3.8, 4) is 6.07 Å². The van der Waals surface area contributed by atoms with Crippen LogP contribution in [0.2, 0.25) is 0 Å². The molecule has 1 aliphatic heterocycles. The lowest BCUT2D eigenvalue weighted by Crippen LogP contribution is -2.52. The van der Waals surface area contributed by atoms with Gasteiger partial charge in [-0.15, -0.1) is 0 Å². The van der Waals surface area contributed by atoms with Gasteiger partial charge in [-0.3, -0.25) is 0 Å². The van der Waals surface area contributed by atoms with Crippen molar-refractivity contribution in [3.05, 3.63) is 52.7 Å². The van der Waals surface area contributed by atoms with Gasteiger partial charge in [-0.25, -0.2) is 19.2 Å². The van der Waals surface area contributed by atoms with E-state index in [0.29, 0.717) is 62.0 Å². The maximum Gasteiger partial charge on any atom is 0.317 e. The Labute approximate surface area is 181 Å². The van der Waals surface area contributed by atoms with Gasteiger partial charge in [0.25, 0.3) is 0 Å². The van der Waals surface area contributed by atoms with E-state index in [4.69, 9.17) is 10.00 Å². The van der Waals surface area contributed by atoms with E-state index < -0.39 is 0 Å². The predicted molar refractivity (Wildman–Crippen MR) is 114 cm³/mol. The van der Waals surface area contributed by atoms with Crippen LogP contribution in [0.3, 0.4) is 0 Å². The Morgan fingerprint density at radius 1 is 1.26 bits per heavy atom. The number of nitrogens with zero attached hydrogens (tertiary/aromatic N) is 5. The highest BCUT2D eigenvalue weighted by atomic mass is 19.1. The zero-order chi connectivity index (χ0) is 22.2. The number of hydrogen-bond acceptors (Lipinski definition) is 6. The molecule has 0 saturated carbocycles. The average Bonchev–Trinajstić information content (AvgIpc) is 2.77. The molecular weight excluding hydrogens is 399 g/mol. The van der Waals surface area contributed by atoms with Gasteiger partial charge in [-0.05, 0) is 18.6 Å². The summed E-state index contributed by atoms with van der Waals surface area (Å²) in [6.45, 7) is 4.95. The third kappa shape index (κ3) is 5.47. The van der Waals surface area contributed by atoms with Crippen molar-refractivity contribution in [1.82, 2.24) is 20.2 Å². The number of nitrogens with one attached hydrogen (secondary N) is 1. The number of piperazine rings is 1. The molecule has 1 saturated heterocycles. The lowest BCUT2D eigenvalue weighted by atomic mass is 10.0. The zero-order valence-corrected chi connectivity index (χ0v) is 17.9. The molecule has 0 atom stereocenters. The summed E-state index contributed by atoms with van der Waals surface area (Å²) in [5.74, 6) is 0.790. The fourth-order valence-electron chi connectivity index (χ4n) is 3.63. The number of anilines is 1. The van der Waals surface area contributed by atoms with Crippen LogP contribution < -0.4 is 10.2 Å². The number of nitriles is 1. The van der Waals surface area contributed by atoms with E-state index in [1.54, 1.807) is 30.2 Å². The summed E-state index contributed by atoms with van der Waals surface area (Å²) >= 11 is 0. The Kier molecular flexibility index (Phi) is 7.73. The quantitative estimate of drug-likeness (QED) is 0.730. The fraction of sp³-hybridized carbons (Fsp3) is 0.455. The van der Waals surface area contributed by atoms with E-state index in [9.17, 15) is 9.18 Å². The van der Waals surface area contributed by atoms with Crippen molar-refractivity contribution < 1.29 is 13.9 Å². The smallest absolute Gasteiger partial charge is 0.317 e. The number of hydrogen-bond donors (Lipinski definition) is 1. The van der Waals surface area contributed by atoms with Gasteiger partial charge in [0.1, 0.15) is 17.5 Å². The van der Waals surface area contributed by atoms with Crippen LogP contribution in [0, 0.1) is 17.1 Å². The van der Waals surface area contributed by atoms with Gasteiger partial charge in [0.05, 0.1) is 24.8 Å². The van der Waals surface area contributed by atoms with Crippen LogP contribution in [0.5, 0.6) is 0 Å². The standard InChI is InChI=1S/C22H27FN6O2/c1-3-25-22(30)29-12-10-28(11-13-29)21-17(14-16-6-4-5-7-18(16)23)19(15-31-2)26-20(27-21)8-9-24/h4-7H,3,8,10-15H2,1-2H3,(H,25,30). The molecule has 1 N–H and O–H groups in total. The number of urea groups is 1. The lowest BCUT2D eigenvalue weighted by molar-refractivity contribution is 0.180. The lowest BCUT2D eigenvalue weighted by Gasteiger charge is -2.36. The minimum Gasteiger partial charge on any atom is -0.378 e. The van der Waals surface area contributed by atoms with Crippen molar-refractivity contribution in [1.29, 1.82) is 5.26 Å².